The maximum absolute atomic E-state index is 2.69. The van der Waals surface area contributed by atoms with Crippen LogP contribution in [0.4, 0.5) is 0 Å². The van der Waals surface area contributed by atoms with E-state index in [-0.39, 0.29) is 0 Å². The Bertz CT molecular complexity index is 326. The molecule has 0 atom stereocenters. The topological polar surface area (TPSA) is 9.72 Å². The largest absolute Gasteiger partial charge is 0.303 e. The van der Waals surface area contributed by atoms with Gasteiger partial charge < -0.3 is 9.80 Å². The molecule has 0 spiro atoms. The summed E-state index contributed by atoms with van der Waals surface area (Å²) in [5.41, 5.74) is 0.837. The van der Waals surface area contributed by atoms with Crippen molar-refractivity contribution in [1.29, 1.82) is 0 Å². The van der Waals surface area contributed by atoms with Gasteiger partial charge in [0.05, 0.1) is 0 Å². The molecule has 2 aliphatic heterocycles. The van der Waals surface area contributed by atoms with E-state index in [1.807, 2.05) is 0 Å². The van der Waals surface area contributed by atoms with Crippen LogP contribution in [0, 0.1) is 11.3 Å². The molecule has 0 bridgehead atoms. The normalized spacial score (nSPS) is 23.7. The van der Waals surface area contributed by atoms with Gasteiger partial charge >= 0.3 is 0 Å². The zero-order chi connectivity index (χ0) is 16.4. The van der Waals surface area contributed by atoms with Crippen LogP contribution in [-0.4, -0.2) is 72.6 Å². The van der Waals surface area contributed by atoms with Crippen LogP contribution in [0.2, 0.25) is 0 Å². The van der Waals surface area contributed by atoms with E-state index >= 15 is 0 Å². The van der Waals surface area contributed by atoms with Gasteiger partial charge in [0.1, 0.15) is 0 Å². The van der Waals surface area contributed by atoms with Crippen LogP contribution in [0.5, 0.6) is 0 Å². The van der Waals surface area contributed by atoms with E-state index in [4.69, 9.17) is 0 Å². The highest BCUT2D eigenvalue weighted by atomic mass is 15.3. The van der Waals surface area contributed by atoms with Gasteiger partial charge in [-0.3, -0.25) is 4.90 Å². The van der Waals surface area contributed by atoms with Gasteiger partial charge in [-0.25, -0.2) is 0 Å². The van der Waals surface area contributed by atoms with Crippen molar-refractivity contribution in [2.75, 3.05) is 52.4 Å². The Balaban J connectivity index is 1.55. The summed E-state index contributed by atoms with van der Waals surface area (Å²) in [6.07, 6.45) is 2.71. The molecule has 2 heterocycles. The lowest BCUT2D eigenvalue weighted by molar-refractivity contribution is 0.0233. The van der Waals surface area contributed by atoms with Gasteiger partial charge in [0.2, 0.25) is 0 Å². The SMILES string of the molecule is CC(C)(C)CCCN1CC(CN2CCN(C(C)(C)C)CC2)C1. The van der Waals surface area contributed by atoms with Gasteiger partial charge in [-0.2, -0.15) is 0 Å². The number of nitrogens with zero attached hydrogens (tertiary/aromatic N) is 3. The average Bonchev–Trinajstić information content (AvgIpc) is 2.33. The molecule has 2 fully saturated rings. The van der Waals surface area contributed by atoms with E-state index in [0.717, 1.165) is 5.92 Å². The number of rotatable bonds is 5. The molecule has 130 valence electrons. The molecule has 0 amide bonds. The third kappa shape index (κ3) is 5.82. The molecular formula is C19H39N3. The summed E-state index contributed by atoms with van der Waals surface area (Å²) in [7, 11) is 0. The highest BCUT2D eigenvalue weighted by Crippen LogP contribution is 2.24. The summed E-state index contributed by atoms with van der Waals surface area (Å²) in [5, 5.41) is 0. The second kappa shape index (κ2) is 7.19. The third-order valence-corrected chi connectivity index (χ3v) is 5.27. The molecule has 0 aliphatic carbocycles. The van der Waals surface area contributed by atoms with Crippen LogP contribution in [0.1, 0.15) is 54.4 Å². The highest BCUT2D eigenvalue weighted by Gasteiger charge is 2.31. The number of piperazine rings is 1. The van der Waals surface area contributed by atoms with Crippen molar-refractivity contribution in [3.63, 3.8) is 0 Å². The summed E-state index contributed by atoms with van der Waals surface area (Å²) < 4.78 is 0. The van der Waals surface area contributed by atoms with Gasteiger partial charge in [0.25, 0.3) is 0 Å². The van der Waals surface area contributed by atoms with Crippen LogP contribution in [0.25, 0.3) is 0 Å². The summed E-state index contributed by atoms with van der Waals surface area (Å²) >= 11 is 0. The first kappa shape index (κ1) is 18.2. The Morgan fingerprint density at radius 2 is 1.41 bits per heavy atom. The molecule has 0 N–H and O–H groups in total. The van der Waals surface area contributed by atoms with Crippen molar-refractivity contribution in [1.82, 2.24) is 14.7 Å². The molecule has 0 radical (unpaired) electrons. The average molecular weight is 310 g/mol. The zero-order valence-corrected chi connectivity index (χ0v) is 16.0. The monoisotopic (exact) mass is 309 g/mol. The standard InChI is InChI=1S/C19H39N3/c1-18(2,3)8-7-9-21-15-17(16-21)14-20-10-12-22(13-11-20)19(4,5)6/h17H,7-16H2,1-6H3. The fourth-order valence-electron chi connectivity index (χ4n) is 3.77. The lowest BCUT2D eigenvalue weighted by Crippen LogP contribution is -2.57. The molecule has 2 saturated heterocycles. The molecule has 0 aromatic carbocycles. The van der Waals surface area contributed by atoms with Crippen LogP contribution in [-0.2, 0) is 0 Å². The Morgan fingerprint density at radius 3 is 1.91 bits per heavy atom. The highest BCUT2D eigenvalue weighted by molar-refractivity contribution is 4.86. The molecular weight excluding hydrogens is 270 g/mol. The van der Waals surface area contributed by atoms with Crippen molar-refractivity contribution in [3.8, 4) is 0 Å². The van der Waals surface area contributed by atoms with E-state index in [2.05, 4.69) is 56.2 Å². The van der Waals surface area contributed by atoms with Crippen molar-refractivity contribution >= 4 is 0 Å². The van der Waals surface area contributed by atoms with Crippen molar-refractivity contribution in [2.45, 2.75) is 59.9 Å². The molecule has 0 unspecified atom stereocenters. The Kier molecular flexibility index (Phi) is 5.95. The molecule has 22 heavy (non-hydrogen) atoms. The second-order valence-corrected chi connectivity index (χ2v) is 9.75. The van der Waals surface area contributed by atoms with Gasteiger partial charge in [-0.05, 0) is 51.5 Å². The first-order valence-corrected chi connectivity index (χ1v) is 9.33. The summed E-state index contributed by atoms with van der Waals surface area (Å²) in [6.45, 7) is 24.4. The third-order valence-electron chi connectivity index (χ3n) is 5.27. The molecule has 3 nitrogen and oxygen atoms in total. The zero-order valence-electron chi connectivity index (χ0n) is 16.0. The summed E-state index contributed by atoms with van der Waals surface area (Å²) in [5.74, 6) is 0.927. The van der Waals surface area contributed by atoms with E-state index in [1.54, 1.807) is 0 Å². The van der Waals surface area contributed by atoms with Crippen LogP contribution < -0.4 is 0 Å². The number of hydrogen-bond acceptors (Lipinski definition) is 3. The van der Waals surface area contributed by atoms with E-state index in [9.17, 15) is 0 Å². The van der Waals surface area contributed by atoms with E-state index in [0.29, 0.717) is 11.0 Å². The van der Waals surface area contributed by atoms with Crippen molar-refractivity contribution < 1.29 is 0 Å². The van der Waals surface area contributed by atoms with E-state index < -0.39 is 0 Å². The van der Waals surface area contributed by atoms with E-state index in [1.165, 1.54) is 65.2 Å². The smallest absolute Gasteiger partial charge is 0.0126 e. The van der Waals surface area contributed by atoms with Crippen molar-refractivity contribution in [3.05, 3.63) is 0 Å². The maximum Gasteiger partial charge on any atom is 0.0126 e. The van der Waals surface area contributed by atoms with Gasteiger partial charge in [-0.15, -0.1) is 0 Å². The minimum Gasteiger partial charge on any atom is -0.303 e. The molecule has 3 heteroatoms. The fraction of sp³-hybridized carbons (Fsp3) is 1.00. The van der Waals surface area contributed by atoms with Crippen LogP contribution >= 0.6 is 0 Å². The van der Waals surface area contributed by atoms with Gasteiger partial charge in [-0.1, -0.05) is 20.8 Å². The molecule has 0 aromatic heterocycles. The molecule has 2 rings (SSSR count). The van der Waals surface area contributed by atoms with Gasteiger partial charge in [0, 0.05) is 51.4 Å². The minimum absolute atomic E-state index is 0.340. The first-order valence-electron chi connectivity index (χ1n) is 9.33. The fourth-order valence-corrected chi connectivity index (χ4v) is 3.77. The number of hydrogen-bond donors (Lipinski definition) is 0. The predicted octanol–water partition coefficient (Wildman–Crippen LogP) is 3.16. The second-order valence-electron chi connectivity index (χ2n) is 9.75. The summed E-state index contributed by atoms with van der Waals surface area (Å²) in [4.78, 5) is 7.98. The predicted molar refractivity (Wildman–Crippen MR) is 96.4 cm³/mol. The number of likely N-dealkylation sites (tertiary alicyclic amines) is 1. The van der Waals surface area contributed by atoms with Gasteiger partial charge in [0.15, 0.2) is 0 Å². The minimum atomic E-state index is 0.340. The molecule has 2 aliphatic rings. The lowest BCUT2D eigenvalue weighted by atomic mass is 9.90. The quantitative estimate of drug-likeness (QED) is 0.772. The van der Waals surface area contributed by atoms with Crippen LogP contribution in [0.3, 0.4) is 0 Å². The Morgan fingerprint density at radius 1 is 0.818 bits per heavy atom. The first-order chi connectivity index (χ1) is 10.1. The Hall–Kier alpha value is -0.120. The van der Waals surface area contributed by atoms with Crippen LogP contribution in [0.15, 0.2) is 0 Å². The molecule has 0 saturated carbocycles. The van der Waals surface area contributed by atoms with Crippen molar-refractivity contribution in [2.24, 2.45) is 11.3 Å². The lowest BCUT2D eigenvalue weighted by Gasteiger charge is -2.46. The summed E-state index contributed by atoms with van der Waals surface area (Å²) in [6, 6.07) is 0. The maximum atomic E-state index is 2.69. The molecule has 0 aromatic rings. The Labute approximate surface area is 139 Å².